The van der Waals surface area contributed by atoms with Crippen molar-refractivity contribution in [2.75, 3.05) is 31.3 Å². The molecule has 2 amide bonds. The topological polar surface area (TPSA) is 64.1 Å². The Kier molecular flexibility index (Phi) is 3.81. The molecule has 7 heteroatoms. The van der Waals surface area contributed by atoms with Crippen molar-refractivity contribution in [3.05, 3.63) is 0 Å². The molecule has 3 unspecified atom stereocenters. The predicted molar refractivity (Wildman–Crippen MR) is 76.7 cm³/mol. The second-order valence-corrected chi connectivity index (χ2v) is 6.90. The fourth-order valence-corrected chi connectivity index (χ4v) is 4.59. The van der Waals surface area contributed by atoms with Crippen molar-refractivity contribution in [3.63, 3.8) is 0 Å². The number of fused-ring (bicyclic) bond motifs is 1. The van der Waals surface area contributed by atoms with Crippen LogP contribution in [0.3, 0.4) is 0 Å². The number of carboxylic acids is 1. The van der Waals surface area contributed by atoms with Crippen LogP contribution >= 0.6 is 11.8 Å². The minimum atomic E-state index is -0.893. The van der Waals surface area contributed by atoms with Crippen molar-refractivity contribution in [2.45, 2.75) is 37.9 Å². The fraction of sp³-hybridized carbons (Fsp3) is 0.846. The van der Waals surface area contributed by atoms with E-state index < -0.39 is 12.0 Å². The number of carboxylic acid groups (broad SMARTS) is 1. The number of hydrogen-bond acceptors (Lipinski definition) is 4. The molecule has 3 saturated heterocycles. The van der Waals surface area contributed by atoms with Gasteiger partial charge >= 0.3 is 12.0 Å². The lowest BCUT2D eigenvalue weighted by Crippen LogP contribution is -2.60. The third-order valence-corrected chi connectivity index (χ3v) is 5.61. The molecule has 0 aliphatic carbocycles. The maximum Gasteiger partial charge on any atom is 0.327 e. The third kappa shape index (κ3) is 2.37. The number of amides is 2. The number of carbonyl (C=O) groups excluding carboxylic acids is 1. The zero-order valence-electron chi connectivity index (χ0n) is 11.7. The molecule has 3 fully saturated rings. The lowest BCUT2D eigenvalue weighted by molar-refractivity contribution is -0.141. The number of carbonyl (C=O) groups is 2. The number of piperazine rings is 1. The van der Waals surface area contributed by atoms with Gasteiger partial charge in [-0.2, -0.15) is 0 Å². The van der Waals surface area contributed by atoms with E-state index in [1.165, 1.54) is 23.1 Å². The molecule has 6 nitrogen and oxygen atoms in total. The monoisotopic (exact) mass is 299 g/mol. The molecule has 1 N–H and O–H groups in total. The van der Waals surface area contributed by atoms with E-state index in [9.17, 15) is 14.7 Å². The lowest BCUT2D eigenvalue weighted by Gasteiger charge is -2.43. The van der Waals surface area contributed by atoms with Gasteiger partial charge in [-0.1, -0.05) is 0 Å². The molecule has 0 radical (unpaired) electrons. The standard InChI is InChI=1S/C13H21N3O3S/c1-9-5-14-4-2-3-10(14)6-15(9)13(19)16-8-20-7-11(16)12(17)18/h9-11H,2-8H2,1H3,(H,17,18). The highest BCUT2D eigenvalue weighted by atomic mass is 32.2. The van der Waals surface area contributed by atoms with Gasteiger partial charge in [0.1, 0.15) is 6.04 Å². The summed E-state index contributed by atoms with van der Waals surface area (Å²) < 4.78 is 0. The summed E-state index contributed by atoms with van der Waals surface area (Å²) in [6.45, 7) is 4.85. The summed E-state index contributed by atoms with van der Waals surface area (Å²) in [7, 11) is 0. The van der Waals surface area contributed by atoms with E-state index in [1.54, 1.807) is 0 Å². The Morgan fingerprint density at radius 3 is 2.80 bits per heavy atom. The highest BCUT2D eigenvalue weighted by Crippen LogP contribution is 2.28. The van der Waals surface area contributed by atoms with Crippen LogP contribution in [0, 0.1) is 0 Å². The third-order valence-electron chi connectivity index (χ3n) is 4.60. The van der Waals surface area contributed by atoms with Crippen LogP contribution in [-0.4, -0.2) is 81.2 Å². The predicted octanol–water partition coefficient (Wildman–Crippen LogP) is 0.734. The molecule has 3 aliphatic rings. The molecule has 3 atom stereocenters. The van der Waals surface area contributed by atoms with Gasteiger partial charge in [-0.3, -0.25) is 4.90 Å². The van der Waals surface area contributed by atoms with Gasteiger partial charge in [0.2, 0.25) is 0 Å². The fourth-order valence-electron chi connectivity index (χ4n) is 3.45. The Morgan fingerprint density at radius 2 is 2.05 bits per heavy atom. The van der Waals surface area contributed by atoms with Gasteiger partial charge in [-0.15, -0.1) is 11.8 Å². The van der Waals surface area contributed by atoms with Crippen LogP contribution in [0.4, 0.5) is 4.79 Å². The van der Waals surface area contributed by atoms with Crippen molar-refractivity contribution >= 4 is 23.8 Å². The van der Waals surface area contributed by atoms with E-state index in [0.29, 0.717) is 17.7 Å². The SMILES string of the molecule is CC1CN2CCCC2CN1C(=O)N1CSCC1C(=O)O. The van der Waals surface area contributed by atoms with E-state index in [4.69, 9.17) is 0 Å². The van der Waals surface area contributed by atoms with E-state index in [2.05, 4.69) is 11.8 Å². The van der Waals surface area contributed by atoms with Crippen LogP contribution in [0.25, 0.3) is 0 Å². The molecular weight excluding hydrogens is 278 g/mol. The van der Waals surface area contributed by atoms with Crippen LogP contribution in [0.1, 0.15) is 19.8 Å². The van der Waals surface area contributed by atoms with Gasteiger partial charge < -0.3 is 14.9 Å². The van der Waals surface area contributed by atoms with Crippen molar-refractivity contribution in [1.29, 1.82) is 0 Å². The highest BCUT2D eigenvalue weighted by molar-refractivity contribution is 7.99. The summed E-state index contributed by atoms with van der Waals surface area (Å²) in [4.78, 5) is 29.8. The number of rotatable bonds is 1. The maximum absolute atomic E-state index is 12.7. The number of hydrogen-bond donors (Lipinski definition) is 1. The smallest absolute Gasteiger partial charge is 0.327 e. The lowest BCUT2D eigenvalue weighted by atomic mass is 10.1. The van der Waals surface area contributed by atoms with Gasteiger partial charge in [0.05, 0.1) is 5.88 Å². The summed E-state index contributed by atoms with van der Waals surface area (Å²) in [5.41, 5.74) is 0. The molecule has 0 spiro atoms. The first-order valence-corrected chi connectivity index (χ1v) is 8.35. The molecular formula is C13H21N3O3S. The average molecular weight is 299 g/mol. The van der Waals surface area contributed by atoms with E-state index in [-0.39, 0.29) is 12.1 Å². The number of thioether (sulfide) groups is 1. The number of nitrogens with zero attached hydrogens (tertiary/aromatic N) is 3. The summed E-state index contributed by atoms with van der Waals surface area (Å²) in [6.07, 6.45) is 2.35. The van der Waals surface area contributed by atoms with Gasteiger partial charge in [0.25, 0.3) is 0 Å². The second kappa shape index (κ2) is 5.44. The first kappa shape index (κ1) is 14.0. The van der Waals surface area contributed by atoms with Crippen LogP contribution in [0.15, 0.2) is 0 Å². The Balaban J connectivity index is 1.71. The van der Waals surface area contributed by atoms with E-state index in [1.807, 2.05) is 4.90 Å². The number of aliphatic carboxylic acids is 1. The molecule has 0 aromatic carbocycles. The quantitative estimate of drug-likeness (QED) is 0.773. The summed E-state index contributed by atoms with van der Waals surface area (Å²) in [6, 6.07) is -0.131. The molecule has 3 rings (SSSR count). The molecule has 0 aromatic heterocycles. The van der Waals surface area contributed by atoms with E-state index >= 15 is 0 Å². The van der Waals surface area contributed by atoms with Crippen LogP contribution in [0.2, 0.25) is 0 Å². The van der Waals surface area contributed by atoms with Crippen molar-refractivity contribution in [3.8, 4) is 0 Å². The van der Waals surface area contributed by atoms with Crippen LogP contribution < -0.4 is 0 Å². The highest BCUT2D eigenvalue weighted by Gasteiger charge is 2.42. The summed E-state index contributed by atoms with van der Waals surface area (Å²) in [5.74, 6) is 0.0993. The Morgan fingerprint density at radius 1 is 1.25 bits per heavy atom. The van der Waals surface area contributed by atoms with Gasteiger partial charge in [0, 0.05) is 30.9 Å². The van der Waals surface area contributed by atoms with Gasteiger partial charge in [-0.25, -0.2) is 9.59 Å². The molecule has 20 heavy (non-hydrogen) atoms. The van der Waals surface area contributed by atoms with Crippen LogP contribution in [0.5, 0.6) is 0 Å². The molecule has 112 valence electrons. The van der Waals surface area contributed by atoms with Crippen molar-refractivity contribution < 1.29 is 14.7 Å². The molecule has 0 saturated carbocycles. The first-order chi connectivity index (χ1) is 9.58. The Labute approximate surface area is 123 Å². The Hall–Kier alpha value is -0.950. The van der Waals surface area contributed by atoms with Gasteiger partial charge in [0.15, 0.2) is 0 Å². The molecule has 0 aromatic rings. The molecule has 0 bridgehead atoms. The maximum atomic E-state index is 12.7. The zero-order valence-corrected chi connectivity index (χ0v) is 12.5. The minimum Gasteiger partial charge on any atom is -0.480 e. The second-order valence-electron chi connectivity index (χ2n) is 5.90. The summed E-state index contributed by atoms with van der Waals surface area (Å²) in [5, 5.41) is 9.21. The first-order valence-electron chi connectivity index (χ1n) is 7.19. The Bertz CT molecular complexity index is 420. The van der Waals surface area contributed by atoms with Crippen LogP contribution in [-0.2, 0) is 4.79 Å². The summed E-state index contributed by atoms with van der Waals surface area (Å²) >= 11 is 1.52. The van der Waals surface area contributed by atoms with Crippen molar-refractivity contribution in [1.82, 2.24) is 14.7 Å². The van der Waals surface area contributed by atoms with E-state index in [0.717, 1.165) is 26.1 Å². The molecule has 3 aliphatic heterocycles. The molecule has 3 heterocycles. The van der Waals surface area contributed by atoms with Crippen molar-refractivity contribution in [2.24, 2.45) is 0 Å². The normalized spacial score (nSPS) is 34.4. The zero-order chi connectivity index (χ0) is 14.3. The minimum absolute atomic E-state index is 0.0959. The average Bonchev–Trinajstić information content (AvgIpc) is 3.04. The van der Waals surface area contributed by atoms with Gasteiger partial charge in [-0.05, 0) is 26.3 Å². The largest absolute Gasteiger partial charge is 0.480 e. The number of urea groups is 1.